The van der Waals surface area contributed by atoms with E-state index in [1.54, 1.807) is 20.8 Å². The minimum atomic E-state index is -1.91. The average Bonchev–Trinajstić information content (AvgIpc) is 3.18. The predicted octanol–water partition coefficient (Wildman–Crippen LogP) is -0.691. The number of likely N-dealkylation sites (N-methyl/N-ethyl adjacent to an activating group) is 1. The number of amides is 2. The van der Waals surface area contributed by atoms with Crippen LogP contribution in [0.4, 0.5) is 0 Å². The normalized spacial score (nSPS) is 49.8. The number of nitrogens with zero attached hydrogens (tertiary/aromatic N) is 2. The van der Waals surface area contributed by atoms with Gasteiger partial charge < -0.3 is 29.5 Å². The lowest BCUT2D eigenvalue weighted by molar-refractivity contribution is -0.189. The fraction of sp³-hybridized carbons (Fsp3) is 0.810. The molecule has 10 nitrogen and oxygen atoms in total. The third kappa shape index (κ3) is 2.34. The number of piperazine rings is 1. The van der Waals surface area contributed by atoms with Gasteiger partial charge in [0.15, 0.2) is 27.2 Å². The molecule has 6 aliphatic rings. The Morgan fingerprint density at radius 2 is 1.94 bits per heavy atom. The SMILES string of the molecule is CC(=O)OC1C2(CC3N4C(=O)C5(S)C(CO)SC4(CC31O)C(=O)N5C)OC(C)C(C)(C)C2=O. The molecule has 6 rings (SSSR count). The Hall–Kier alpha value is -1.34. The van der Waals surface area contributed by atoms with Crippen molar-refractivity contribution in [3.63, 3.8) is 0 Å². The maximum Gasteiger partial charge on any atom is 0.303 e. The van der Waals surface area contributed by atoms with Gasteiger partial charge in [0.1, 0.15) is 5.60 Å². The number of aliphatic hydroxyl groups is 2. The molecule has 1 saturated carbocycles. The Morgan fingerprint density at radius 3 is 2.45 bits per heavy atom. The number of aliphatic hydroxyl groups excluding tert-OH is 1. The van der Waals surface area contributed by atoms with Crippen LogP contribution in [0.25, 0.3) is 0 Å². The summed E-state index contributed by atoms with van der Waals surface area (Å²) in [5.41, 5.74) is -4.47. The zero-order chi connectivity index (χ0) is 24.5. The molecular formula is C21H28N2O8S2. The number of carbonyl (C=O) groups excluding carboxylic acids is 4. The Labute approximate surface area is 200 Å². The standard InChI is InChI=1S/C21H28N2O8S2/c1-9-17(3,4)13(26)19(31-9)6-11-18(29,14(19)30-10(2)25)8-20-15(27)22(5)21(32,12(7-24)33-20)16(28)23(11)20/h9,11-12,14,24,29,32H,6-8H2,1-5H3. The quantitative estimate of drug-likeness (QED) is 0.333. The Kier molecular flexibility index (Phi) is 4.58. The number of hydrogen-bond donors (Lipinski definition) is 3. The van der Waals surface area contributed by atoms with E-state index in [0.29, 0.717) is 0 Å². The minimum absolute atomic E-state index is 0.118. The number of hydrogen-bond acceptors (Lipinski definition) is 10. The third-order valence-electron chi connectivity index (χ3n) is 8.47. The van der Waals surface area contributed by atoms with Gasteiger partial charge in [-0.3, -0.25) is 19.2 Å². The molecule has 2 amide bonds. The van der Waals surface area contributed by atoms with Crippen molar-refractivity contribution in [1.29, 1.82) is 0 Å². The smallest absolute Gasteiger partial charge is 0.303 e. The van der Waals surface area contributed by atoms with Gasteiger partial charge in [0.2, 0.25) is 0 Å². The monoisotopic (exact) mass is 500 g/mol. The Morgan fingerprint density at radius 1 is 1.30 bits per heavy atom. The highest BCUT2D eigenvalue weighted by Gasteiger charge is 2.85. The van der Waals surface area contributed by atoms with E-state index in [-0.39, 0.29) is 18.6 Å². The molecule has 182 valence electrons. The van der Waals surface area contributed by atoms with Crippen LogP contribution in [-0.2, 0) is 28.7 Å². The predicted molar refractivity (Wildman–Crippen MR) is 118 cm³/mol. The number of carbonyl (C=O) groups is 4. The second-order valence-corrected chi connectivity index (χ2v) is 12.6. The van der Waals surface area contributed by atoms with Crippen molar-refractivity contribution < 1.29 is 38.9 Å². The van der Waals surface area contributed by atoms with E-state index in [9.17, 15) is 29.4 Å². The molecule has 8 unspecified atom stereocenters. The molecule has 5 aliphatic heterocycles. The first-order chi connectivity index (χ1) is 15.1. The number of thioether (sulfide) groups is 1. The zero-order valence-corrected chi connectivity index (χ0v) is 20.7. The largest absolute Gasteiger partial charge is 0.456 e. The van der Waals surface area contributed by atoms with Gasteiger partial charge in [-0.2, -0.15) is 0 Å². The van der Waals surface area contributed by atoms with Crippen LogP contribution in [0.2, 0.25) is 0 Å². The summed E-state index contributed by atoms with van der Waals surface area (Å²) in [6.07, 6.45) is -2.31. The lowest BCUT2D eigenvalue weighted by Crippen LogP contribution is -2.80. The molecule has 33 heavy (non-hydrogen) atoms. The highest BCUT2D eigenvalue weighted by molar-refractivity contribution is 8.03. The van der Waals surface area contributed by atoms with Crippen LogP contribution in [-0.4, -0.2) is 102 Å². The van der Waals surface area contributed by atoms with E-state index in [1.165, 1.54) is 23.8 Å². The molecule has 5 heterocycles. The maximum absolute atomic E-state index is 13.8. The lowest BCUT2D eigenvalue weighted by atomic mass is 9.76. The summed E-state index contributed by atoms with van der Waals surface area (Å²) in [6.45, 7) is 5.98. The van der Waals surface area contributed by atoms with Crippen LogP contribution in [0.15, 0.2) is 0 Å². The van der Waals surface area contributed by atoms with Crippen LogP contribution in [0.5, 0.6) is 0 Å². The van der Waals surface area contributed by atoms with E-state index in [4.69, 9.17) is 9.47 Å². The van der Waals surface area contributed by atoms with Crippen LogP contribution in [0.1, 0.15) is 40.5 Å². The molecule has 0 radical (unpaired) electrons. The summed E-state index contributed by atoms with van der Waals surface area (Å²) >= 11 is 5.64. The van der Waals surface area contributed by atoms with E-state index >= 15 is 0 Å². The Balaban J connectivity index is 1.68. The number of esters is 1. The van der Waals surface area contributed by atoms with Gasteiger partial charge in [0.05, 0.1) is 29.4 Å². The molecular weight excluding hydrogens is 472 g/mol. The summed E-state index contributed by atoms with van der Waals surface area (Å²) in [7, 11) is 1.45. The maximum atomic E-state index is 13.8. The molecule has 8 atom stereocenters. The second kappa shape index (κ2) is 6.45. The van der Waals surface area contributed by atoms with E-state index in [2.05, 4.69) is 12.6 Å². The van der Waals surface area contributed by atoms with Crippen LogP contribution in [0, 0.1) is 5.41 Å². The summed E-state index contributed by atoms with van der Waals surface area (Å²) in [5.74, 6) is -2.00. The topological polar surface area (TPSA) is 134 Å². The minimum Gasteiger partial charge on any atom is -0.456 e. The van der Waals surface area contributed by atoms with Crippen molar-refractivity contribution in [1.82, 2.24) is 9.80 Å². The van der Waals surface area contributed by atoms with Gasteiger partial charge in [-0.1, -0.05) is 13.8 Å². The summed E-state index contributed by atoms with van der Waals surface area (Å²) < 4.78 is 11.8. The summed E-state index contributed by atoms with van der Waals surface area (Å²) in [6, 6.07) is -1.02. The van der Waals surface area contributed by atoms with Crippen molar-refractivity contribution >= 4 is 48.0 Å². The lowest BCUT2D eigenvalue weighted by Gasteiger charge is -2.60. The van der Waals surface area contributed by atoms with Crippen molar-refractivity contribution in [3.05, 3.63) is 0 Å². The molecule has 1 aliphatic carbocycles. The molecule has 6 fully saturated rings. The second-order valence-electron chi connectivity index (χ2n) is 10.4. The average molecular weight is 501 g/mol. The fourth-order valence-electron chi connectivity index (χ4n) is 6.53. The van der Waals surface area contributed by atoms with Crippen molar-refractivity contribution in [2.24, 2.45) is 5.41 Å². The number of ether oxygens (including phenoxy) is 2. The van der Waals surface area contributed by atoms with Gasteiger partial charge >= 0.3 is 5.97 Å². The molecule has 12 heteroatoms. The van der Waals surface area contributed by atoms with Gasteiger partial charge in [-0.05, 0) is 6.92 Å². The number of fused-ring (bicyclic) bond motifs is 3. The van der Waals surface area contributed by atoms with E-state index < -0.39 is 74.2 Å². The molecule has 0 aromatic carbocycles. The molecule has 2 spiro atoms. The summed E-state index contributed by atoms with van der Waals surface area (Å²) in [5, 5.41) is 21.3. The molecule has 5 saturated heterocycles. The number of ketones is 1. The number of rotatable bonds is 2. The highest BCUT2D eigenvalue weighted by atomic mass is 32.2. The van der Waals surface area contributed by atoms with Crippen LogP contribution < -0.4 is 0 Å². The number of Topliss-reactive ketones (excluding diaryl/α,β-unsaturated/α-hetero) is 1. The molecule has 2 N–H and O–H groups in total. The molecule has 2 bridgehead atoms. The van der Waals surface area contributed by atoms with Gasteiger partial charge in [0, 0.05) is 26.8 Å². The Bertz CT molecular complexity index is 1010. The van der Waals surface area contributed by atoms with Crippen molar-refractivity contribution in [2.75, 3.05) is 13.7 Å². The molecule has 0 aromatic heterocycles. The first kappa shape index (κ1) is 23.4. The van der Waals surface area contributed by atoms with Gasteiger partial charge in [-0.25, -0.2) is 0 Å². The van der Waals surface area contributed by atoms with E-state index in [0.717, 1.165) is 11.8 Å². The zero-order valence-electron chi connectivity index (χ0n) is 19.0. The van der Waals surface area contributed by atoms with Crippen LogP contribution in [0.3, 0.4) is 0 Å². The first-order valence-corrected chi connectivity index (χ1v) is 12.2. The van der Waals surface area contributed by atoms with Gasteiger partial charge in [-0.15, -0.1) is 24.4 Å². The fourth-order valence-corrected chi connectivity index (χ4v) is 8.82. The van der Waals surface area contributed by atoms with E-state index in [1.807, 2.05) is 0 Å². The van der Waals surface area contributed by atoms with Crippen molar-refractivity contribution in [2.45, 2.75) is 85.0 Å². The molecule has 0 aromatic rings. The third-order valence-corrected chi connectivity index (χ3v) is 11.1. The van der Waals surface area contributed by atoms with Gasteiger partial charge in [0.25, 0.3) is 11.8 Å². The number of thiol groups is 1. The van der Waals surface area contributed by atoms with Crippen LogP contribution >= 0.6 is 24.4 Å². The van der Waals surface area contributed by atoms with Crippen molar-refractivity contribution in [3.8, 4) is 0 Å². The highest BCUT2D eigenvalue weighted by Crippen LogP contribution is 2.67. The summed E-state index contributed by atoms with van der Waals surface area (Å²) in [4.78, 5) is 52.5. The first-order valence-electron chi connectivity index (χ1n) is 10.9.